The number of H-pyrrole nitrogens is 1. The van der Waals surface area contributed by atoms with Gasteiger partial charge in [0.1, 0.15) is 11.6 Å². The monoisotopic (exact) mass is 522 g/mol. The first kappa shape index (κ1) is 26.1. The van der Waals surface area contributed by atoms with Gasteiger partial charge in [0.05, 0.1) is 15.1 Å². The lowest BCUT2D eigenvalue weighted by molar-refractivity contribution is -0.156. The van der Waals surface area contributed by atoms with Gasteiger partial charge in [-0.1, -0.05) is 59.1 Å². The van der Waals surface area contributed by atoms with Crippen molar-refractivity contribution in [3.8, 4) is 5.75 Å². The number of aromatic amines is 1. The SMILES string of the molecule is CC(C)(C)OC(=O)C(N)CC=C(Cc1c[nH]c2ccccc12)C(=O)Oc1cc(Cl)c(Cl)cc1Cl. The average Bonchev–Trinajstić information content (AvgIpc) is 3.16. The Kier molecular flexibility index (Phi) is 8.31. The molecule has 0 radical (unpaired) electrons. The summed E-state index contributed by atoms with van der Waals surface area (Å²) >= 11 is 18.2. The van der Waals surface area contributed by atoms with Gasteiger partial charge in [0.15, 0.2) is 5.75 Å². The largest absolute Gasteiger partial charge is 0.459 e. The molecule has 0 aliphatic heterocycles. The van der Waals surface area contributed by atoms with Gasteiger partial charge in [-0.25, -0.2) is 4.79 Å². The fourth-order valence-corrected chi connectivity index (χ4v) is 3.78. The molecule has 0 saturated carbocycles. The zero-order chi connectivity index (χ0) is 25.0. The molecule has 1 atom stereocenters. The zero-order valence-electron chi connectivity index (χ0n) is 19.0. The highest BCUT2D eigenvalue weighted by Crippen LogP contribution is 2.34. The molecule has 0 fully saturated rings. The topological polar surface area (TPSA) is 94.4 Å². The summed E-state index contributed by atoms with van der Waals surface area (Å²) in [6, 6.07) is 9.55. The third kappa shape index (κ3) is 6.76. The van der Waals surface area contributed by atoms with Crippen molar-refractivity contribution in [1.29, 1.82) is 0 Å². The van der Waals surface area contributed by atoms with Gasteiger partial charge in [-0.3, -0.25) is 4.79 Å². The van der Waals surface area contributed by atoms with E-state index >= 15 is 0 Å². The number of para-hydroxylation sites is 1. The summed E-state index contributed by atoms with van der Waals surface area (Å²) in [5.74, 6) is -1.14. The van der Waals surface area contributed by atoms with Crippen LogP contribution in [0.1, 0.15) is 32.8 Å². The second kappa shape index (κ2) is 10.8. The maximum atomic E-state index is 13.1. The maximum absolute atomic E-state index is 13.1. The number of halogens is 3. The summed E-state index contributed by atoms with van der Waals surface area (Å²) in [6.07, 6.45) is 3.73. The van der Waals surface area contributed by atoms with Crippen LogP contribution in [0.5, 0.6) is 5.75 Å². The number of carbonyl (C=O) groups excluding carboxylic acids is 2. The zero-order valence-corrected chi connectivity index (χ0v) is 21.2. The number of hydrogen-bond acceptors (Lipinski definition) is 5. The highest BCUT2D eigenvalue weighted by Gasteiger charge is 2.23. The Labute approximate surface area is 213 Å². The molecule has 0 aliphatic carbocycles. The quantitative estimate of drug-likeness (QED) is 0.165. The van der Waals surface area contributed by atoms with Crippen molar-refractivity contribution in [2.24, 2.45) is 5.73 Å². The van der Waals surface area contributed by atoms with Crippen LogP contribution in [-0.2, 0) is 20.7 Å². The molecular formula is C25H25Cl3N2O4. The lowest BCUT2D eigenvalue weighted by atomic mass is 10.0. The second-order valence-electron chi connectivity index (χ2n) is 8.73. The molecule has 3 rings (SSSR count). The van der Waals surface area contributed by atoms with Gasteiger partial charge in [-0.05, 0) is 44.9 Å². The predicted molar refractivity (Wildman–Crippen MR) is 136 cm³/mol. The maximum Gasteiger partial charge on any atom is 0.339 e. The molecule has 0 saturated heterocycles. The van der Waals surface area contributed by atoms with E-state index in [0.29, 0.717) is 5.57 Å². The summed E-state index contributed by atoms with van der Waals surface area (Å²) in [5, 5.41) is 1.54. The number of aromatic nitrogens is 1. The van der Waals surface area contributed by atoms with Gasteiger partial charge in [0, 0.05) is 35.2 Å². The lowest BCUT2D eigenvalue weighted by Gasteiger charge is -2.21. The first-order chi connectivity index (χ1) is 15.9. The van der Waals surface area contributed by atoms with Crippen LogP contribution in [0.3, 0.4) is 0 Å². The number of nitrogens with one attached hydrogen (secondary N) is 1. The molecule has 1 aromatic heterocycles. The van der Waals surface area contributed by atoms with Crippen LogP contribution in [0.15, 0.2) is 54.2 Å². The molecule has 34 heavy (non-hydrogen) atoms. The summed E-state index contributed by atoms with van der Waals surface area (Å²) in [6.45, 7) is 5.27. The van der Waals surface area contributed by atoms with Crippen LogP contribution in [-0.4, -0.2) is 28.6 Å². The van der Waals surface area contributed by atoms with Gasteiger partial charge in [0.2, 0.25) is 0 Å². The van der Waals surface area contributed by atoms with Crippen LogP contribution >= 0.6 is 34.8 Å². The summed E-state index contributed by atoms with van der Waals surface area (Å²) < 4.78 is 10.9. The van der Waals surface area contributed by atoms with Gasteiger partial charge < -0.3 is 20.2 Å². The summed E-state index contributed by atoms with van der Waals surface area (Å²) in [4.78, 5) is 28.6. The van der Waals surface area contributed by atoms with Gasteiger partial charge >= 0.3 is 11.9 Å². The van der Waals surface area contributed by atoms with E-state index in [1.54, 1.807) is 26.8 Å². The number of rotatable bonds is 7. The molecule has 1 heterocycles. The van der Waals surface area contributed by atoms with Crippen molar-refractivity contribution < 1.29 is 19.1 Å². The molecule has 9 heteroatoms. The minimum absolute atomic E-state index is 0.0716. The molecule has 0 amide bonds. The highest BCUT2D eigenvalue weighted by atomic mass is 35.5. The summed E-state index contributed by atoms with van der Waals surface area (Å²) in [7, 11) is 0. The normalized spacial score (nSPS) is 13.1. The highest BCUT2D eigenvalue weighted by molar-refractivity contribution is 6.43. The smallest absolute Gasteiger partial charge is 0.339 e. The van der Waals surface area contributed by atoms with E-state index in [1.165, 1.54) is 12.1 Å². The molecule has 0 aliphatic rings. The third-order valence-corrected chi connectivity index (χ3v) is 5.84. The molecule has 3 aromatic rings. The van der Waals surface area contributed by atoms with E-state index < -0.39 is 23.6 Å². The number of hydrogen-bond donors (Lipinski definition) is 2. The van der Waals surface area contributed by atoms with Crippen molar-refractivity contribution in [3.63, 3.8) is 0 Å². The van der Waals surface area contributed by atoms with Crippen molar-refractivity contribution in [1.82, 2.24) is 4.98 Å². The molecule has 3 N–H and O–H groups in total. The summed E-state index contributed by atoms with van der Waals surface area (Å²) in [5.41, 5.74) is 7.46. The Bertz CT molecular complexity index is 1240. The first-order valence-corrected chi connectivity index (χ1v) is 11.7. The van der Waals surface area contributed by atoms with E-state index in [2.05, 4.69) is 4.98 Å². The standard InChI is InChI=1S/C25H25Cl3N2O4/c1-25(2,3)34-24(32)20(29)9-8-14(10-15-13-30-21-7-5-4-6-16(15)21)23(31)33-22-12-18(27)17(26)11-19(22)28/h4-8,11-13,20,30H,9-10,29H2,1-3H3. The van der Waals surface area contributed by atoms with Crippen molar-refractivity contribution >= 4 is 57.6 Å². The second-order valence-corrected chi connectivity index (χ2v) is 9.95. The van der Waals surface area contributed by atoms with Crippen LogP contribution in [0, 0.1) is 0 Å². The van der Waals surface area contributed by atoms with Gasteiger partial charge in [0.25, 0.3) is 0 Å². The fraction of sp³-hybridized carbons (Fsp3) is 0.280. The van der Waals surface area contributed by atoms with E-state index in [1.807, 2.05) is 30.5 Å². The lowest BCUT2D eigenvalue weighted by Crippen LogP contribution is -2.37. The van der Waals surface area contributed by atoms with Crippen molar-refractivity contribution in [2.75, 3.05) is 0 Å². The Hall–Kier alpha value is -2.51. The minimum Gasteiger partial charge on any atom is -0.459 e. The Balaban J connectivity index is 1.88. The van der Waals surface area contributed by atoms with Crippen LogP contribution in [0.2, 0.25) is 15.1 Å². The van der Waals surface area contributed by atoms with E-state index in [-0.39, 0.29) is 33.7 Å². The Morgan fingerprint density at radius 2 is 1.76 bits per heavy atom. The molecule has 0 spiro atoms. The number of esters is 2. The number of carbonyl (C=O) groups is 2. The number of fused-ring (bicyclic) bond motifs is 1. The van der Waals surface area contributed by atoms with Crippen LogP contribution in [0.4, 0.5) is 0 Å². The molecule has 6 nitrogen and oxygen atoms in total. The molecule has 1 unspecified atom stereocenters. The Morgan fingerprint density at radius 1 is 1.09 bits per heavy atom. The van der Waals surface area contributed by atoms with Crippen molar-refractivity contribution in [3.05, 3.63) is 74.9 Å². The average molecular weight is 524 g/mol. The van der Waals surface area contributed by atoms with Gasteiger partial charge in [-0.2, -0.15) is 0 Å². The van der Waals surface area contributed by atoms with Gasteiger partial charge in [-0.15, -0.1) is 0 Å². The Morgan fingerprint density at radius 3 is 2.47 bits per heavy atom. The molecule has 0 bridgehead atoms. The van der Waals surface area contributed by atoms with Crippen LogP contribution in [0.25, 0.3) is 10.9 Å². The van der Waals surface area contributed by atoms with Crippen molar-refractivity contribution in [2.45, 2.75) is 45.3 Å². The number of nitrogens with two attached hydrogens (primary N) is 1. The van der Waals surface area contributed by atoms with E-state index in [0.717, 1.165) is 16.5 Å². The van der Waals surface area contributed by atoms with E-state index in [4.69, 9.17) is 50.0 Å². The third-order valence-electron chi connectivity index (χ3n) is 4.82. The molecule has 180 valence electrons. The molecular weight excluding hydrogens is 499 g/mol. The number of ether oxygens (including phenoxy) is 2. The predicted octanol–water partition coefficient (Wildman–Crippen LogP) is 6.26. The van der Waals surface area contributed by atoms with E-state index in [9.17, 15) is 9.59 Å². The first-order valence-electron chi connectivity index (χ1n) is 10.5. The minimum atomic E-state index is -0.946. The fourth-order valence-electron chi connectivity index (χ4n) is 3.20. The van der Waals surface area contributed by atoms with Crippen LogP contribution < -0.4 is 10.5 Å². The number of benzene rings is 2. The molecule has 2 aromatic carbocycles.